The molecule has 0 atom stereocenters. The largest absolute Gasteiger partial charge is 0.469 e. The average molecular weight is 190 g/mol. The van der Waals surface area contributed by atoms with Gasteiger partial charge in [-0.2, -0.15) is 0 Å². The molecule has 0 radical (unpaired) electrons. The van der Waals surface area contributed by atoms with Crippen molar-refractivity contribution in [1.29, 1.82) is 0 Å². The molecule has 3 nitrogen and oxygen atoms in total. The number of hydrogen-bond donors (Lipinski definition) is 0. The van der Waals surface area contributed by atoms with Crippen LogP contribution in [0.3, 0.4) is 0 Å². The number of esters is 1. The second-order valence-electron chi connectivity index (χ2n) is 3.30. The van der Waals surface area contributed by atoms with Gasteiger partial charge in [-0.1, -0.05) is 6.42 Å². The van der Waals surface area contributed by atoms with Gasteiger partial charge in [0.05, 0.1) is 20.4 Å². The zero-order valence-corrected chi connectivity index (χ0v) is 8.31. The van der Waals surface area contributed by atoms with Crippen molar-refractivity contribution < 1.29 is 14.1 Å². The van der Waals surface area contributed by atoms with Gasteiger partial charge < -0.3 is 9.30 Å². The van der Waals surface area contributed by atoms with E-state index in [0.717, 1.165) is 31.6 Å². The minimum atomic E-state index is -2.16. The standard InChI is InChI=1S/C8H15O3P/c1-11-8(9)7-12(10)5-3-2-4-6-12/h2-7H2,1H3. The molecule has 0 aromatic rings. The third-order valence-electron chi connectivity index (χ3n) is 2.28. The Kier molecular flexibility index (Phi) is 3.33. The molecule has 1 aliphatic heterocycles. The lowest BCUT2D eigenvalue weighted by Crippen LogP contribution is -2.14. The first kappa shape index (κ1) is 9.79. The third kappa shape index (κ3) is 2.63. The third-order valence-corrected chi connectivity index (χ3v) is 5.37. The smallest absolute Gasteiger partial charge is 0.312 e. The van der Waals surface area contributed by atoms with Gasteiger partial charge in [0.15, 0.2) is 0 Å². The van der Waals surface area contributed by atoms with Crippen molar-refractivity contribution in [1.82, 2.24) is 0 Å². The van der Waals surface area contributed by atoms with Gasteiger partial charge >= 0.3 is 5.97 Å². The maximum atomic E-state index is 11.9. The van der Waals surface area contributed by atoms with Crippen LogP contribution in [-0.2, 0) is 14.1 Å². The SMILES string of the molecule is COC(=O)CP1(=O)CCCCC1. The molecular weight excluding hydrogens is 175 g/mol. The van der Waals surface area contributed by atoms with E-state index in [9.17, 15) is 9.36 Å². The molecule has 0 unspecified atom stereocenters. The van der Waals surface area contributed by atoms with Crippen LogP contribution in [0.5, 0.6) is 0 Å². The Balaban J connectivity index is 2.47. The maximum Gasteiger partial charge on any atom is 0.312 e. The summed E-state index contributed by atoms with van der Waals surface area (Å²) in [5.74, 6) is -0.319. The fourth-order valence-corrected chi connectivity index (χ4v) is 4.29. The summed E-state index contributed by atoms with van der Waals surface area (Å²) in [5.41, 5.74) is 0. The molecular formula is C8H15O3P. The predicted octanol–water partition coefficient (Wildman–Crippen LogP) is 1.71. The fraction of sp³-hybridized carbons (Fsp3) is 0.875. The van der Waals surface area contributed by atoms with Crippen LogP contribution in [0.25, 0.3) is 0 Å². The quantitative estimate of drug-likeness (QED) is 0.491. The molecule has 0 aliphatic carbocycles. The Bertz CT molecular complexity index is 202. The molecule has 0 saturated carbocycles. The monoisotopic (exact) mass is 190 g/mol. The van der Waals surface area contributed by atoms with Crippen LogP contribution in [0.1, 0.15) is 19.3 Å². The lowest BCUT2D eigenvalue weighted by molar-refractivity contribution is -0.137. The van der Waals surface area contributed by atoms with Crippen molar-refractivity contribution in [3.63, 3.8) is 0 Å². The Morgan fingerprint density at radius 2 is 1.92 bits per heavy atom. The highest BCUT2D eigenvalue weighted by molar-refractivity contribution is 7.64. The minimum Gasteiger partial charge on any atom is -0.469 e. The van der Waals surface area contributed by atoms with Crippen LogP contribution in [0, 0.1) is 0 Å². The van der Waals surface area contributed by atoms with E-state index in [1.807, 2.05) is 0 Å². The van der Waals surface area contributed by atoms with E-state index >= 15 is 0 Å². The summed E-state index contributed by atoms with van der Waals surface area (Å²) in [4.78, 5) is 10.9. The number of ether oxygens (including phenoxy) is 1. The summed E-state index contributed by atoms with van der Waals surface area (Å²) >= 11 is 0. The molecule has 70 valence electrons. The van der Waals surface area contributed by atoms with Crippen molar-refractivity contribution in [3.8, 4) is 0 Å². The summed E-state index contributed by atoms with van der Waals surface area (Å²) in [5, 5.41) is 0. The molecule has 0 amide bonds. The van der Waals surface area contributed by atoms with Gasteiger partial charge in [-0.05, 0) is 12.8 Å². The lowest BCUT2D eigenvalue weighted by Gasteiger charge is -2.21. The molecule has 0 aromatic carbocycles. The molecule has 0 N–H and O–H groups in total. The second-order valence-corrected chi connectivity index (χ2v) is 6.63. The van der Waals surface area contributed by atoms with Gasteiger partial charge in [-0.3, -0.25) is 4.79 Å². The van der Waals surface area contributed by atoms with E-state index in [0.29, 0.717) is 0 Å². The molecule has 1 saturated heterocycles. The lowest BCUT2D eigenvalue weighted by atomic mass is 10.3. The van der Waals surface area contributed by atoms with E-state index in [4.69, 9.17) is 0 Å². The number of carbonyl (C=O) groups excluding carboxylic acids is 1. The number of methoxy groups -OCH3 is 1. The molecule has 1 fully saturated rings. The summed E-state index contributed by atoms with van der Waals surface area (Å²) in [7, 11) is -0.815. The average Bonchev–Trinajstić information content (AvgIpc) is 2.05. The molecule has 0 bridgehead atoms. The van der Waals surface area contributed by atoms with Crippen molar-refractivity contribution in [2.75, 3.05) is 25.6 Å². The molecule has 1 aliphatic rings. The summed E-state index contributed by atoms with van der Waals surface area (Å²) < 4.78 is 16.4. The van der Waals surface area contributed by atoms with Crippen molar-refractivity contribution >= 4 is 13.1 Å². The number of hydrogen-bond acceptors (Lipinski definition) is 3. The first-order chi connectivity index (χ1) is 5.66. The number of carbonyl (C=O) groups is 1. The molecule has 1 heterocycles. The molecule has 4 heteroatoms. The summed E-state index contributed by atoms with van der Waals surface area (Å²) in [6, 6.07) is 0. The van der Waals surface area contributed by atoms with Gasteiger partial charge in [-0.25, -0.2) is 0 Å². The molecule has 0 spiro atoms. The van der Waals surface area contributed by atoms with Crippen molar-refractivity contribution in [2.45, 2.75) is 19.3 Å². The first-order valence-electron chi connectivity index (χ1n) is 4.30. The van der Waals surface area contributed by atoms with Crippen LogP contribution in [0.4, 0.5) is 0 Å². The van der Waals surface area contributed by atoms with Crippen LogP contribution in [0.2, 0.25) is 0 Å². The Hall–Kier alpha value is -0.300. The van der Waals surface area contributed by atoms with Gasteiger partial charge in [0.1, 0.15) is 0 Å². The molecule has 12 heavy (non-hydrogen) atoms. The molecule has 0 aromatic heterocycles. The zero-order chi connectivity index (χ0) is 9.03. The Morgan fingerprint density at radius 1 is 1.33 bits per heavy atom. The van der Waals surface area contributed by atoms with Crippen LogP contribution >= 0.6 is 7.14 Å². The highest BCUT2D eigenvalue weighted by Gasteiger charge is 2.27. The second kappa shape index (κ2) is 4.08. The topological polar surface area (TPSA) is 43.4 Å². The fourth-order valence-electron chi connectivity index (χ4n) is 1.55. The van der Waals surface area contributed by atoms with E-state index in [1.165, 1.54) is 7.11 Å². The van der Waals surface area contributed by atoms with Crippen LogP contribution in [-0.4, -0.2) is 31.6 Å². The highest BCUT2D eigenvalue weighted by Crippen LogP contribution is 2.50. The van der Waals surface area contributed by atoms with E-state index < -0.39 is 7.14 Å². The zero-order valence-electron chi connectivity index (χ0n) is 7.41. The van der Waals surface area contributed by atoms with Gasteiger partial charge in [-0.15, -0.1) is 0 Å². The summed E-state index contributed by atoms with van der Waals surface area (Å²) in [6.45, 7) is 0. The van der Waals surface area contributed by atoms with Crippen LogP contribution < -0.4 is 0 Å². The highest BCUT2D eigenvalue weighted by atomic mass is 31.2. The number of rotatable bonds is 2. The van der Waals surface area contributed by atoms with E-state index in [1.54, 1.807) is 0 Å². The van der Waals surface area contributed by atoms with Gasteiger partial charge in [0, 0.05) is 12.3 Å². The van der Waals surface area contributed by atoms with Gasteiger partial charge in [0.2, 0.25) is 0 Å². The minimum absolute atomic E-state index is 0.156. The van der Waals surface area contributed by atoms with Crippen molar-refractivity contribution in [2.24, 2.45) is 0 Å². The normalized spacial score (nSPS) is 21.8. The molecule has 1 rings (SSSR count). The first-order valence-corrected chi connectivity index (χ1v) is 6.56. The van der Waals surface area contributed by atoms with Crippen molar-refractivity contribution in [3.05, 3.63) is 0 Å². The summed E-state index contributed by atoms with van der Waals surface area (Å²) in [6.07, 6.45) is 4.81. The van der Waals surface area contributed by atoms with Gasteiger partial charge in [0.25, 0.3) is 0 Å². The Morgan fingerprint density at radius 3 is 2.42 bits per heavy atom. The maximum absolute atomic E-state index is 11.9. The van der Waals surface area contributed by atoms with Crippen LogP contribution in [0.15, 0.2) is 0 Å². The van der Waals surface area contributed by atoms with E-state index in [2.05, 4.69) is 4.74 Å². The Labute approximate surface area is 72.9 Å². The van der Waals surface area contributed by atoms with E-state index in [-0.39, 0.29) is 12.1 Å². The predicted molar refractivity (Wildman–Crippen MR) is 48.1 cm³/mol.